The normalized spacial score (nSPS) is 15.2. The summed E-state index contributed by atoms with van der Waals surface area (Å²) in [6, 6.07) is 10.1. The molecule has 1 atom stereocenters. The third-order valence-corrected chi connectivity index (χ3v) is 4.42. The van der Waals surface area contributed by atoms with Gasteiger partial charge in [-0.05, 0) is 49.1 Å². The second-order valence-electron chi connectivity index (χ2n) is 5.96. The van der Waals surface area contributed by atoms with E-state index in [1.54, 1.807) is 12.4 Å². The lowest BCUT2D eigenvalue weighted by molar-refractivity contribution is -0.117. The smallest absolute Gasteiger partial charge is 0.227 e. The molecule has 1 saturated carbocycles. The number of carbonyl (C=O) groups is 1. The van der Waals surface area contributed by atoms with Crippen LogP contribution in [0.3, 0.4) is 0 Å². The van der Waals surface area contributed by atoms with Crippen molar-refractivity contribution in [2.24, 2.45) is 5.92 Å². The highest BCUT2D eigenvalue weighted by Gasteiger charge is 2.29. The van der Waals surface area contributed by atoms with Gasteiger partial charge in [0.1, 0.15) is 0 Å². The number of pyridine rings is 1. The van der Waals surface area contributed by atoms with Crippen molar-refractivity contribution in [3.05, 3.63) is 58.9 Å². The van der Waals surface area contributed by atoms with Crippen LogP contribution in [0, 0.1) is 5.92 Å². The molecule has 2 N–H and O–H groups in total. The number of rotatable bonds is 6. The predicted octanol–water partition coefficient (Wildman–Crippen LogP) is 3.93. The molecule has 1 aromatic carbocycles. The van der Waals surface area contributed by atoms with Crippen LogP contribution in [0.5, 0.6) is 0 Å². The van der Waals surface area contributed by atoms with Crippen molar-refractivity contribution >= 4 is 23.2 Å². The first kappa shape index (κ1) is 16.0. The quantitative estimate of drug-likeness (QED) is 0.844. The summed E-state index contributed by atoms with van der Waals surface area (Å²) in [5.74, 6) is 0.358. The first-order chi connectivity index (χ1) is 11.1. The van der Waals surface area contributed by atoms with E-state index >= 15 is 0 Å². The molecule has 0 saturated heterocycles. The Hall–Kier alpha value is -1.91. The molecule has 0 unspecified atom stereocenters. The Morgan fingerprint density at radius 2 is 2.04 bits per heavy atom. The monoisotopic (exact) mass is 329 g/mol. The van der Waals surface area contributed by atoms with E-state index in [4.69, 9.17) is 11.6 Å². The van der Waals surface area contributed by atoms with Gasteiger partial charge in [-0.25, -0.2) is 0 Å². The van der Waals surface area contributed by atoms with Crippen LogP contribution in [-0.2, 0) is 11.3 Å². The molecular formula is C18H20ClN3O. The van der Waals surface area contributed by atoms with Crippen molar-refractivity contribution in [1.82, 2.24) is 10.3 Å². The zero-order valence-electron chi connectivity index (χ0n) is 13.1. The van der Waals surface area contributed by atoms with Crippen LogP contribution in [0.15, 0.2) is 42.7 Å². The topological polar surface area (TPSA) is 54.0 Å². The predicted molar refractivity (Wildman–Crippen MR) is 92.3 cm³/mol. The van der Waals surface area contributed by atoms with E-state index in [0.29, 0.717) is 11.6 Å². The molecule has 0 spiro atoms. The SMILES string of the molecule is C[C@@H](NCc1ccncc1Cl)c1ccc(NC(=O)C2CC2)cc1. The standard InChI is InChI=1S/C18H20ClN3O/c1-12(21-10-15-8-9-20-11-17(15)19)13-4-6-16(7-5-13)22-18(23)14-2-3-14/h4-9,11-12,14,21H,2-3,10H2,1H3,(H,22,23)/t12-/m1/s1. The summed E-state index contributed by atoms with van der Waals surface area (Å²) in [5.41, 5.74) is 3.05. The van der Waals surface area contributed by atoms with Gasteiger partial charge in [-0.1, -0.05) is 23.7 Å². The Bertz CT molecular complexity index is 683. The van der Waals surface area contributed by atoms with E-state index in [1.807, 2.05) is 30.3 Å². The molecule has 4 nitrogen and oxygen atoms in total. The molecule has 23 heavy (non-hydrogen) atoms. The lowest BCUT2D eigenvalue weighted by Gasteiger charge is -2.15. The summed E-state index contributed by atoms with van der Waals surface area (Å²) in [7, 11) is 0. The van der Waals surface area contributed by atoms with Gasteiger partial charge in [0.2, 0.25) is 5.91 Å². The molecule has 1 heterocycles. The van der Waals surface area contributed by atoms with E-state index in [0.717, 1.165) is 24.1 Å². The van der Waals surface area contributed by atoms with Gasteiger partial charge in [0.05, 0.1) is 5.02 Å². The van der Waals surface area contributed by atoms with Gasteiger partial charge in [-0.3, -0.25) is 9.78 Å². The number of carbonyl (C=O) groups excluding carboxylic acids is 1. The number of anilines is 1. The average Bonchev–Trinajstić information content (AvgIpc) is 3.39. The van der Waals surface area contributed by atoms with Gasteiger partial charge in [0.15, 0.2) is 0 Å². The number of nitrogens with one attached hydrogen (secondary N) is 2. The van der Waals surface area contributed by atoms with Crippen LogP contribution in [0.2, 0.25) is 5.02 Å². The van der Waals surface area contributed by atoms with Crippen molar-refractivity contribution in [2.45, 2.75) is 32.4 Å². The molecule has 3 rings (SSSR count). The summed E-state index contributed by atoms with van der Waals surface area (Å²) < 4.78 is 0. The fourth-order valence-corrected chi connectivity index (χ4v) is 2.56. The Balaban J connectivity index is 1.55. The summed E-state index contributed by atoms with van der Waals surface area (Å²) in [6.45, 7) is 2.79. The maximum Gasteiger partial charge on any atom is 0.227 e. The second kappa shape index (κ2) is 7.11. The molecule has 1 aliphatic rings. The van der Waals surface area contributed by atoms with Crippen LogP contribution in [-0.4, -0.2) is 10.9 Å². The van der Waals surface area contributed by atoms with E-state index in [-0.39, 0.29) is 17.9 Å². The number of amides is 1. The van der Waals surface area contributed by atoms with Gasteiger partial charge < -0.3 is 10.6 Å². The van der Waals surface area contributed by atoms with E-state index in [1.165, 1.54) is 5.56 Å². The summed E-state index contributed by atoms with van der Waals surface area (Å²) in [5, 5.41) is 7.07. The second-order valence-corrected chi connectivity index (χ2v) is 6.36. The van der Waals surface area contributed by atoms with Gasteiger partial charge in [0.25, 0.3) is 0 Å². The Kier molecular flexibility index (Phi) is 4.94. The van der Waals surface area contributed by atoms with Gasteiger partial charge in [-0.2, -0.15) is 0 Å². The highest BCUT2D eigenvalue weighted by atomic mass is 35.5. The number of nitrogens with zero attached hydrogens (tertiary/aromatic N) is 1. The van der Waals surface area contributed by atoms with Crippen molar-refractivity contribution in [1.29, 1.82) is 0 Å². The molecule has 2 aromatic rings. The molecule has 0 bridgehead atoms. The molecule has 1 aromatic heterocycles. The third kappa shape index (κ3) is 4.30. The van der Waals surface area contributed by atoms with Crippen LogP contribution in [0.1, 0.15) is 36.9 Å². The summed E-state index contributed by atoms with van der Waals surface area (Å²) >= 11 is 6.11. The average molecular weight is 330 g/mol. The van der Waals surface area contributed by atoms with Crippen LogP contribution < -0.4 is 10.6 Å². The van der Waals surface area contributed by atoms with Crippen LogP contribution in [0.4, 0.5) is 5.69 Å². The minimum absolute atomic E-state index is 0.135. The van der Waals surface area contributed by atoms with Crippen LogP contribution in [0.25, 0.3) is 0 Å². The maximum atomic E-state index is 11.7. The Morgan fingerprint density at radius 3 is 2.70 bits per heavy atom. The number of halogens is 1. The molecule has 0 radical (unpaired) electrons. The van der Waals surface area contributed by atoms with Crippen molar-refractivity contribution < 1.29 is 4.79 Å². The van der Waals surface area contributed by atoms with Crippen molar-refractivity contribution in [2.75, 3.05) is 5.32 Å². The van der Waals surface area contributed by atoms with Crippen molar-refractivity contribution in [3.8, 4) is 0 Å². The number of hydrogen-bond acceptors (Lipinski definition) is 3. The first-order valence-corrected chi connectivity index (χ1v) is 8.24. The highest BCUT2D eigenvalue weighted by molar-refractivity contribution is 6.31. The molecular weight excluding hydrogens is 310 g/mol. The van der Waals surface area contributed by atoms with Crippen LogP contribution >= 0.6 is 11.6 Å². The fourth-order valence-electron chi connectivity index (χ4n) is 2.37. The molecule has 120 valence electrons. The zero-order valence-corrected chi connectivity index (χ0v) is 13.8. The number of hydrogen-bond donors (Lipinski definition) is 2. The first-order valence-electron chi connectivity index (χ1n) is 7.86. The van der Waals surface area contributed by atoms with Crippen molar-refractivity contribution in [3.63, 3.8) is 0 Å². The number of benzene rings is 1. The molecule has 0 aliphatic heterocycles. The van der Waals surface area contributed by atoms with Gasteiger partial charge >= 0.3 is 0 Å². The van der Waals surface area contributed by atoms with Gasteiger partial charge in [-0.15, -0.1) is 0 Å². The molecule has 1 aliphatic carbocycles. The maximum absolute atomic E-state index is 11.7. The molecule has 1 fully saturated rings. The Labute approximate surface area is 141 Å². The molecule has 5 heteroatoms. The zero-order chi connectivity index (χ0) is 16.2. The molecule has 1 amide bonds. The minimum atomic E-state index is 0.135. The third-order valence-electron chi connectivity index (χ3n) is 4.08. The van der Waals surface area contributed by atoms with E-state index in [2.05, 4.69) is 22.5 Å². The van der Waals surface area contributed by atoms with E-state index < -0.39 is 0 Å². The lowest BCUT2D eigenvalue weighted by Crippen LogP contribution is -2.18. The Morgan fingerprint density at radius 1 is 1.30 bits per heavy atom. The minimum Gasteiger partial charge on any atom is -0.326 e. The van der Waals surface area contributed by atoms with Gasteiger partial charge in [0, 0.05) is 36.6 Å². The largest absolute Gasteiger partial charge is 0.326 e. The lowest BCUT2D eigenvalue weighted by atomic mass is 10.1. The summed E-state index contributed by atoms with van der Waals surface area (Å²) in [6.07, 6.45) is 5.43. The van der Waals surface area contributed by atoms with E-state index in [9.17, 15) is 4.79 Å². The summed E-state index contributed by atoms with van der Waals surface area (Å²) in [4.78, 5) is 15.7. The highest BCUT2D eigenvalue weighted by Crippen LogP contribution is 2.30. The number of aromatic nitrogens is 1. The fraction of sp³-hybridized carbons (Fsp3) is 0.333.